The third-order valence-electron chi connectivity index (χ3n) is 5.46. The lowest BCUT2D eigenvalue weighted by molar-refractivity contribution is -0.143. The number of halogens is 1. The van der Waals surface area contributed by atoms with E-state index in [0.29, 0.717) is 35.2 Å². The van der Waals surface area contributed by atoms with Crippen molar-refractivity contribution in [3.05, 3.63) is 33.8 Å². The van der Waals surface area contributed by atoms with Gasteiger partial charge in [-0.05, 0) is 57.7 Å². The summed E-state index contributed by atoms with van der Waals surface area (Å²) in [5.41, 5.74) is 2.24. The van der Waals surface area contributed by atoms with Crippen molar-refractivity contribution in [3.63, 3.8) is 0 Å². The average Bonchev–Trinajstić information content (AvgIpc) is 3.13. The van der Waals surface area contributed by atoms with Crippen molar-refractivity contribution in [2.75, 3.05) is 13.6 Å². The van der Waals surface area contributed by atoms with Gasteiger partial charge in [-0.2, -0.15) is 0 Å². The summed E-state index contributed by atoms with van der Waals surface area (Å²) in [4.78, 5) is 30.3. The number of hydrogen-bond acceptors (Lipinski definition) is 6. The normalized spacial score (nSPS) is 18.5. The van der Waals surface area contributed by atoms with Gasteiger partial charge in [-0.15, -0.1) is 11.3 Å². The van der Waals surface area contributed by atoms with Crippen molar-refractivity contribution < 1.29 is 24.2 Å². The third kappa shape index (κ3) is 5.89. The summed E-state index contributed by atoms with van der Waals surface area (Å²) < 4.78 is 12.1. The molecule has 2 atom stereocenters. The number of carboxylic acids is 1. The van der Waals surface area contributed by atoms with Gasteiger partial charge in [0.25, 0.3) is 0 Å². The molecule has 0 unspecified atom stereocenters. The van der Waals surface area contributed by atoms with E-state index in [2.05, 4.69) is 4.98 Å². The summed E-state index contributed by atoms with van der Waals surface area (Å²) in [7, 11) is 1.68. The zero-order valence-corrected chi connectivity index (χ0v) is 19.5. The smallest absolute Gasteiger partial charge is 0.409 e. The number of thiophene rings is 1. The first-order chi connectivity index (χ1) is 14.8. The van der Waals surface area contributed by atoms with Gasteiger partial charge in [0.2, 0.25) is 0 Å². The Hall–Kier alpha value is -2.32. The number of amides is 1. The molecule has 1 aliphatic rings. The van der Waals surface area contributed by atoms with Gasteiger partial charge in [0.1, 0.15) is 12.4 Å². The monoisotopic (exact) mass is 466 g/mol. The van der Waals surface area contributed by atoms with Crippen LogP contribution in [-0.4, -0.2) is 46.7 Å². The fraction of sp³-hybridized carbons (Fsp3) is 0.500. The standard InChI is InChI=1S/C22H27ClN2O5S/c1-4-25(3)22(28)29-12-15-11-19(23)31-20(15)17-8-9-18(13(2)24-17)30-16-7-5-6-14(10-16)21(26)27/h8-9,11,14,16H,4-7,10,12H2,1-3H3,(H,26,27)/t14-,16-/m0/s1. The molecule has 0 aliphatic heterocycles. The second-order valence-electron chi connectivity index (χ2n) is 7.70. The number of aliphatic carboxylic acids is 1. The fourth-order valence-corrected chi connectivity index (χ4v) is 4.78. The molecule has 1 aliphatic carbocycles. The number of carbonyl (C=O) groups is 2. The van der Waals surface area contributed by atoms with E-state index in [0.717, 1.165) is 29.0 Å². The molecule has 3 rings (SSSR count). The molecule has 0 saturated heterocycles. The van der Waals surface area contributed by atoms with E-state index in [4.69, 9.17) is 21.1 Å². The van der Waals surface area contributed by atoms with Crippen molar-refractivity contribution in [2.24, 2.45) is 5.92 Å². The van der Waals surface area contributed by atoms with Gasteiger partial charge >= 0.3 is 12.1 Å². The van der Waals surface area contributed by atoms with E-state index >= 15 is 0 Å². The van der Waals surface area contributed by atoms with Gasteiger partial charge in [-0.1, -0.05) is 11.6 Å². The molecule has 0 radical (unpaired) electrons. The Morgan fingerprint density at radius 2 is 2.13 bits per heavy atom. The van der Waals surface area contributed by atoms with Crippen molar-refractivity contribution >= 4 is 35.0 Å². The number of hydrogen-bond donors (Lipinski definition) is 1. The van der Waals surface area contributed by atoms with Crippen LogP contribution in [-0.2, 0) is 16.1 Å². The van der Waals surface area contributed by atoms with Crippen LogP contribution in [0, 0.1) is 12.8 Å². The maximum atomic E-state index is 12.0. The Balaban J connectivity index is 1.73. The minimum atomic E-state index is -0.758. The van der Waals surface area contributed by atoms with E-state index in [-0.39, 0.29) is 18.6 Å². The number of carbonyl (C=O) groups excluding carboxylic acids is 1. The quantitative estimate of drug-likeness (QED) is 0.589. The van der Waals surface area contributed by atoms with Gasteiger partial charge in [-0.25, -0.2) is 9.78 Å². The predicted molar refractivity (Wildman–Crippen MR) is 120 cm³/mol. The second-order valence-corrected chi connectivity index (χ2v) is 9.38. The lowest BCUT2D eigenvalue weighted by Crippen LogP contribution is -2.29. The topological polar surface area (TPSA) is 89.0 Å². The molecule has 2 heterocycles. The minimum absolute atomic E-state index is 0.110. The highest BCUT2D eigenvalue weighted by atomic mass is 35.5. The lowest BCUT2D eigenvalue weighted by Gasteiger charge is -2.27. The Labute approximate surface area is 190 Å². The molecule has 7 nitrogen and oxygen atoms in total. The van der Waals surface area contributed by atoms with Crippen LogP contribution in [0.1, 0.15) is 43.9 Å². The molecule has 9 heteroatoms. The van der Waals surface area contributed by atoms with Gasteiger partial charge in [0.15, 0.2) is 0 Å². The van der Waals surface area contributed by atoms with E-state index in [1.807, 2.05) is 26.0 Å². The number of ether oxygens (including phenoxy) is 2. The molecule has 0 bridgehead atoms. The number of pyridine rings is 1. The zero-order chi connectivity index (χ0) is 22.5. The maximum Gasteiger partial charge on any atom is 0.409 e. The minimum Gasteiger partial charge on any atom is -0.489 e. The lowest BCUT2D eigenvalue weighted by atomic mass is 9.87. The maximum absolute atomic E-state index is 12.0. The third-order valence-corrected chi connectivity index (χ3v) is 6.78. The van der Waals surface area contributed by atoms with Crippen LogP contribution >= 0.6 is 22.9 Å². The van der Waals surface area contributed by atoms with Gasteiger partial charge in [-0.3, -0.25) is 4.79 Å². The second kappa shape index (κ2) is 10.3. The van der Waals surface area contributed by atoms with Crippen LogP contribution in [0.5, 0.6) is 5.75 Å². The summed E-state index contributed by atoms with van der Waals surface area (Å²) in [6.45, 7) is 4.41. The molecule has 0 spiro atoms. The Bertz CT molecular complexity index is 948. The molecule has 1 N–H and O–H groups in total. The van der Waals surface area contributed by atoms with Crippen LogP contribution in [0.15, 0.2) is 18.2 Å². The Morgan fingerprint density at radius 3 is 2.81 bits per heavy atom. The van der Waals surface area contributed by atoms with Crippen LogP contribution < -0.4 is 4.74 Å². The first-order valence-electron chi connectivity index (χ1n) is 10.3. The molecule has 2 aromatic heterocycles. The number of carboxylic acid groups (broad SMARTS) is 1. The molecule has 31 heavy (non-hydrogen) atoms. The first kappa shape index (κ1) is 23.3. The van der Waals surface area contributed by atoms with Gasteiger partial charge < -0.3 is 19.5 Å². The number of rotatable bonds is 7. The molecule has 1 amide bonds. The molecular formula is C22H27ClN2O5S. The van der Waals surface area contributed by atoms with E-state index in [9.17, 15) is 14.7 Å². The molecule has 1 fully saturated rings. The summed E-state index contributed by atoms with van der Waals surface area (Å²) in [5, 5.41) is 9.28. The largest absolute Gasteiger partial charge is 0.489 e. The summed E-state index contributed by atoms with van der Waals surface area (Å²) in [6, 6.07) is 5.50. The van der Waals surface area contributed by atoms with Crippen LogP contribution in [0.4, 0.5) is 4.79 Å². The van der Waals surface area contributed by atoms with Crippen molar-refractivity contribution in [1.29, 1.82) is 0 Å². The van der Waals surface area contributed by atoms with E-state index in [1.165, 1.54) is 16.2 Å². The van der Waals surface area contributed by atoms with Gasteiger partial charge in [0.05, 0.1) is 32.6 Å². The van der Waals surface area contributed by atoms with Gasteiger partial charge in [0, 0.05) is 19.2 Å². The number of aryl methyl sites for hydroxylation is 1. The Morgan fingerprint density at radius 1 is 1.35 bits per heavy atom. The first-order valence-corrected chi connectivity index (χ1v) is 11.5. The summed E-state index contributed by atoms with van der Waals surface area (Å²) in [6.07, 6.45) is 2.38. The van der Waals surface area contributed by atoms with Crippen LogP contribution in [0.3, 0.4) is 0 Å². The predicted octanol–water partition coefficient (Wildman–Crippen LogP) is 5.38. The van der Waals surface area contributed by atoms with E-state index < -0.39 is 12.1 Å². The highest BCUT2D eigenvalue weighted by Crippen LogP contribution is 2.37. The zero-order valence-electron chi connectivity index (χ0n) is 17.9. The molecular weight excluding hydrogens is 440 g/mol. The van der Waals surface area contributed by atoms with E-state index in [1.54, 1.807) is 13.1 Å². The summed E-state index contributed by atoms with van der Waals surface area (Å²) in [5.74, 6) is -0.456. The molecule has 1 saturated carbocycles. The molecule has 168 valence electrons. The van der Waals surface area contributed by atoms with Crippen molar-refractivity contribution in [3.8, 4) is 16.3 Å². The average molecular weight is 467 g/mol. The summed E-state index contributed by atoms with van der Waals surface area (Å²) >= 11 is 7.61. The van der Waals surface area contributed by atoms with Crippen LogP contribution in [0.2, 0.25) is 4.34 Å². The molecule has 0 aromatic carbocycles. The SMILES string of the molecule is CCN(C)C(=O)OCc1cc(Cl)sc1-c1ccc(O[C@H]2CCC[C@H](C(=O)O)C2)c(C)n1. The number of nitrogens with zero attached hydrogens (tertiary/aromatic N) is 2. The highest BCUT2D eigenvalue weighted by Gasteiger charge is 2.28. The number of aromatic nitrogens is 1. The highest BCUT2D eigenvalue weighted by molar-refractivity contribution is 7.19. The Kier molecular flexibility index (Phi) is 7.78. The molecule has 2 aromatic rings. The fourth-order valence-electron chi connectivity index (χ4n) is 3.55. The van der Waals surface area contributed by atoms with Crippen molar-refractivity contribution in [2.45, 2.75) is 52.2 Å². The van der Waals surface area contributed by atoms with Crippen LogP contribution in [0.25, 0.3) is 10.6 Å². The van der Waals surface area contributed by atoms with Crippen molar-refractivity contribution in [1.82, 2.24) is 9.88 Å².